The molecule has 0 saturated heterocycles. The van der Waals surface area contributed by atoms with Crippen LogP contribution in [-0.4, -0.2) is 34.5 Å². The highest BCUT2D eigenvalue weighted by Gasteiger charge is 2.21. The molecule has 4 N–H and O–H groups in total. The van der Waals surface area contributed by atoms with E-state index < -0.39 is 17.3 Å². The van der Waals surface area contributed by atoms with E-state index >= 15 is 0 Å². The highest BCUT2D eigenvalue weighted by atomic mass is 16.4. The van der Waals surface area contributed by atoms with E-state index in [9.17, 15) is 19.5 Å². The molecule has 0 heterocycles. The highest BCUT2D eigenvalue weighted by molar-refractivity contribution is 5.97. The average molecular weight is 294 g/mol. The molecule has 1 aromatic carbocycles. The Morgan fingerprint density at radius 2 is 1.81 bits per heavy atom. The van der Waals surface area contributed by atoms with Crippen LogP contribution in [0.5, 0.6) is 5.75 Å². The maximum atomic E-state index is 11.7. The lowest BCUT2D eigenvalue weighted by Gasteiger charge is -2.17. The normalized spacial score (nSPS) is 10.8. The number of benzene rings is 1. The summed E-state index contributed by atoms with van der Waals surface area (Å²) in [5, 5.41) is 23.1. The number of nitrogens with one attached hydrogen (secondary N) is 2. The van der Waals surface area contributed by atoms with Crippen LogP contribution in [0.1, 0.15) is 31.1 Å². The largest absolute Gasteiger partial charge is 0.507 e. The topological polar surface area (TPSA) is 116 Å². The number of rotatable bonds is 4. The van der Waals surface area contributed by atoms with Crippen molar-refractivity contribution in [3.05, 3.63) is 23.8 Å². The van der Waals surface area contributed by atoms with Crippen LogP contribution in [0.25, 0.3) is 0 Å². The van der Waals surface area contributed by atoms with Gasteiger partial charge in [0.25, 0.3) is 0 Å². The molecule has 0 spiro atoms. The van der Waals surface area contributed by atoms with Crippen molar-refractivity contribution in [3.8, 4) is 5.75 Å². The van der Waals surface area contributed by atoms with Gasteiger partial charge in [-0.2, -0.15) is 0 Å². The predicted octanol–water partition coefficient (Wildman–Crippen LogP) is 1.19. The van der Waals surface area contributed by atoms with Gasteiger partial charge < -0.3 is 20.8 Å². The van der Waals surface area contributed by atoms with Crippen LogP contribution < -0.4 is 10.6 Å². The number of aromatic carboxylic acids is 1. The van der Waals surface area contributed by atoms with Gasteiger partial charge in [0.15, 0.2) is 0 Å². The number of phenols is 1. The van der Waals surface area contributed by atoms with Gasteiger partial charge in [-0.1, -0.05) is 20.8 Å². The van der Waals surface area contributed by atoms with E-state index in [1.165, 1.54) is 12.1 Å². The molecule has 0 aliphatic heterocycles. The summed E-state index contributed by atoms with van der Waals surface area (Å²) >= 11 is 0. The number of hydrogen-bond acceptors (Lipinski definition) is 4. The van der Waals surface area contributed by atoms with Crippen LogP contribution in [-0.2, 0) is 9.59 Å². The molecule has 1 aromatic rings. The number of amides is 2. The number of anilines is 1. The number of aromatic hydroxyl groups is 1. The first-order valence-electron chi connectivity index (χ1n) is 6.25. The molecule has 7 nitrogen and oxygen atoms in total. The van der Waals surface area contributed by atoms with Gasteiger partial charge in [0, 0.05) is 11.1 Å². The molecule has 0 saturated carbocycles. The summed E-state index contributed by atoms with van der Waals surface area (Å²) in [6.45, 7) is 4.94. The maximum absolute atomic E-state index is 11.7. The molecular formula is C14H18N2O5. The first kappa shape index (κ1) is 16.5. The van der Waals surface area contributed by atoms with Crippen molar-refractivity contribution in [2.24, 2.45) is 5.41 Å². The third kappa shape index (κ3) is 4.79. The van der Waals surface area contributed by atoms with Crippen molar-refractivity contribution in [1.29, 1.82) is 0 Å². The second-order valence-corrected chi connectivity index (χ2v) is 5.52. The summed E-state index contributed by atoms with van der Waals surface area (Å²) in [6.07, 6.45) is 0. The Morgan fingerprint density at radius 1 is 1.19 bits per heavy atom. The van der Waals surface area contributed by atoms with E-state index in [-0.39, 0.29) is 29.5 Å². The third-order valence-corrected chi connectivity index (χ3v) is 2.60. The molecular weight excluding hydrogens is 276 g/mol. The minimum atomic E-state index is -1.30. The van der Waals surface area contributed by atoms with Gasteiger partial charge in [-0.3, -0.25) is 9.59 Å². The van der Waals surface area contributed by atoms with Gasteiger partial charge in [-0.25, -0.2) is 4.79 Å². The number of carboxylic acids is 1. The lowest BCUT2D eigenvalue weighted by atomic mass is 9.96. The van der Waals surface area contributed by atoms with Crippen LogP contribution >= 0.6 is 0 Å². The molecule has 114 valence electrons. The smallest absolute Gasteiger partial charge is 0.339 e. The fourth-order valence-electron chi connectivity index (χ4n) is 1.42. The van der Waals surface area contributed by atoms with Crippen LogP contribution in [0.3, 0.4) is 0 Å². The Hall–Kier alpha value is -2.57. The summed E-state index contributed by atoms with van der Waals surface area (Å²) < 4.78 is 0. The van der Waals surface area contributed by atoms with Crippen LogP contribution in [0.4, 0.5) is 5.69 Å². The van der Waals surface area contributed by atoms with E-state index in [0.29, 0.717) is 0 Å². The van der Waals surface area contributed by atoms with E-state index in [2.05, 4.69) is 10.6 Å². The minimum absolute atomic E-state index is 0.222. The summed E-state index contributed by atoms with van der Waals surface area (Å²) in [4.78, 5) is 34.1. The van der Waals surface area contributed by atoms with Gasteiger partial charge in [-0.15, -0.1) is 0 Å². The monoisotopic (exact) mass is 294 g/mol. The maximum Gasteiger partial charge on any atom is 0.339 e. The molecule has 0 bridgehead atoms. The van der Waals surface area contributed by atoms with Gasteiger partial charge >= 0.3 is 5.97 Å². The summed E-state index contributed by atoms with van der Waals surface area (Å²) in [6, 6.07) is 3.68. The van der Waals surface area contributed by atoms with Crippen LogP contribution in [0.15, 0.2) is 18.2 Å². The molecule has 21 heavy (non-hydrogen) atoms. The first-order valence-corrected chi connectivity index (χ1v) is 6.25. The quantitative estimate of drug-likeness (QED) is 0.622. The minimum Gasteiger partial charge on any atom is -0.507 e. The van der Waals surface area contributed by atoms with Crippen LogP contribution in [0.2, 0.25) is 0 Å². The highest BCUT2D eigenvalue weighted by Crippen LogP contribution is 2.21. The van der Waals surface area contributed by atoms with Crippen molar-refractivity contribution in [3.63, 3.8) is 0 Å². The SMILES string of the molecule is CC(C)(C)C(=O)NCC(=O)Nc1ccc(O)c(C(=O)O)c1. The Kier molecular flexibility index (Phi) is 4.91. The molecule has 0 radical (unpaired) electrons. The zero-order valence-corrected chi connectivity index (χ0v) is 12.1. The Labute approximate surface area is 122 Å². The van der Waals surface area contributed by atoms with E-state index in [1.54, 1.807) is 20.8 Å². The molecule has 0 atom stereocenters. The number of carbonyl (C=O) groups excluding carboxylic acids is 2. The molecule has 0 aromatic heterocycles. The van der Waals surface area contributed by atoms with Gasteiger partial charge in [0.1, 0.15) is 11.3 Å². The lowest BCUT2D eigenvalue weighted by Crippen LogP contribution is -2.39. The van der Waals surface area contributed by atoms with E-state index in [0.717, 1.165) is 6.07 Å². The third-order valence-electron chi connectivity index (χ3n) is 2.60. The van der Waals surface area contributed by atoms with Crippen molar-refractivity contribution >= 4 is 23.5 Å². The molecule has 1 rings (SSSR count). The Balaban J connectivity index is 2.66. The van der Waals surface area contributed by atoms with Gasteiger partial charge in [0.05, 0.1) is 6.54 Å². The standard InChI is InChI=1S/C14H18N2O5/c1-14(2,3)13(21)15-7-11(18)16-8-4-5-10(17)9(6-8)12(19)20/h4-6,17H,7H2,1-3H3,(H,15,21)(H,16,18)(H,19,20). The number of carboxylic acid groups (broad SMARTS) is 1. The first-order chi connectivity index (χ1) is 9.61. The van der Waals surface area contributed by atoms with Gasteiger partial charge in [-0.05, 0) is 18.2 Å². The second kappa shape index (κ2) is 6.25. The van der Waals surface area contributed by atoms with Crippen molar-refractivity contribution in [2.45, 2.75) is 20.8 Å². The van der Waals surface area contributed by atoms with Crippen molar-refractivity contribution in [1.82, 2.24) is 5.32 Å². The number of carbonyl (C=O) groups is 3. The lowest BCUT2D eigenvalue weighted by molar-refractivity contribution is -0.130. The Bertz CT molecular complexity index is 575. The molecule has 7 heteroatoms. The second-order valence-electron chi connectivity index (χ2n) is 5.52. The van der Waals surface area contributed by atoms with E-state index in [1.807, 2.05) is 0 Å². The molecule has 0 fully saturated rings. The summed E-state index contributed by atoms with van der Waals surface area (Å²) in [7, 11) is 0. The summed E-state index contributed by atoms with van der Waals surface area (Å²) in [5.41, 5.74) is -0.693. The fraction of sp³-hybridized carbons (Fsp3) is 0.357. The zero-order chi connectivity index (χ0) is 16.2. The molecule has 0 aliphatic carbocycles. The molecule has 0 aliphatic rings. The zero-order valence-electron chi connectivity index (χ0n) is 12.1. The number of hydrogen-bond donors (Lipinski definition) is 4. The fourth-order valence-corrected chi connectivity index (χ4v) is 1.42. The van der Waals surface area contributed by atoms with Crippen LogP contribution in [0, 0.1) is 5.41 Å². The summed E-state index contributed by atoms with van der Waals surface area (Å²) in [5.74, 6) is -2.45. The Morgan fingerprint density at radius 3 is 2.33 bits per heavy atom. The van der Waals surface area contributed by atoms with E-state index in [4.69, 9.17) is 5.11 Å². The predicted molar refractivity (Wildman–Crippen MR) is 76.2 cm³/mol. The molecule has 2 amide bonds. The average Bonchev–Trinajstić information content (AvgIpc) is 2.36. The van der Waals surface area contributed by atoms with Crippen molar-refractivity contribution in [2.75, 3.05) is 11.9 Å². The van der Waals surface area contributed by atoms with Crippen molar-refractivity contribution < 1.29 is 24.6 Å². The molecule has 0 unspecified atom stereocenters. The van der Waals surface area contributed by atoms with Gasteiger partial charge in [0.2, 0.25) is 11.8 Å².